The summed E-state index contributed by atoms with van der Waals surface area (Å²) in [6, 6.07) is 2.14. The molecule has 0 saturated heterocycles. The van der Waals surface area contributed by atoms with Crippen molar-refractivity contribution in [2.75, 3.05) is 5.75 Å². The highest BCUT2D eigenvalue weighted by Crippen LogP contribution is 2.11. The van der Waals surface area contributed by atoms with E-state index in [0.717, 1.165) is 12.2 Å². The minimum atomic E-state index is 0.401. The van der Waals surface area contributed by atoms with Gasteiger partial charge in [-0.25, -0.2) is 0 Å². The molecule has 1 atom stereocenters. The van der Waals surface area contributed by atoms with Crippen molar-refractivity contribution in [3.8, 4) is 0 Å². The van der Waals surface area contributed by atoms with Gasteiger partial charge in [-0.15, -0.1) is 0 Å². The lowest BCUT2D eigenvalue weighted by molar-refractivity contribution is 0.970. The predicted molar refractivity (Wildman–Crippen MR) is 54.7 cm³/mol. The molecule has 10 heavy (non-hydrogen) atoms. The molecule has 1 unspecified atom stereocenters. The molecule has 0 bridgehead atoms. The van der Waals surface area contributed by atoms with Gasteiger partial charge in [0.25, 0.3) is 0 Å². The van der Waals surface area contributed by atoms with E-state index in [0.29, 0.717) is 5.25 Å². The van der Waals surface area contributed by atoms with Crippen LogP contribution in [-0.2, 0) is 6.42 Å². The molecule has 3 heteroatoms. The van der Waals surface area contributed by atoms with Crippen LogP contribution in [0.2, 0.25) is 0 Å². The Kier molecular flexibility index (Phi) is 3.66. The monoisotopic (exact) mass is 190 g/mol. The second-order valence-corrected chi connectivity index (χ2v) is 4.05. The molecule has 0 spiro atoms. The Morgan fingerprint density at radius 2 is 2.40 bits per heavy atom. The van der Waals surface area contributed by atoms with Gasteiger partial charge >= 0.3 is 0 Å². The second-order valence-electron chi connectivity index (χ2n) is 2.17. The number of hydrogen-bond donors (Lipinski definition) is 2. The van der Waals surface area contributed by atoms with E-state index in [-0.39, 0.29) is 0 Å². The Morgan fingerprint density at radius 3 is 2.90 bits per heavy atom. The topological polar surface area (TPSA) is 0 Å². The van der Waals surface area contributed by atoms with Crippen LogP contribution in [0.15, 0.2) is 16.8 Å². The Morgan fingerprint density at radius 1 is 1.60 bits per heavy atom. The Balaban J connectivity index is 2.40. The Labute approximate surface area is 76.5 Å². The van der Waals surface area contributed by atoms with Crippen molar-refractivity contribution in [2.45, 2.75) is 11.7 Å². The second kappa shape index (κ2) is 4.31. The molecule has 0 fully saturated rings. The molecule has 0 radical (unpaired) electrons. The molecule has 1 aromatic rings. The summed E-state index contributed by atoms with van der Waals surface area (Å²) in [4.78, 5) is 0. The summed E-state index contributed by atoms with van der Waals surface area (Å²) in [5.41, 5.74) is 1.37. The van der Waals surface area contributed by atoms with E-state index >= 15 is 0 Å². The van der Waals surface area contributed by atoms with Gasteiger partial charge in [-0.05, 0) is 28.8 Å². The third-order valence-electron chi connectivity index (χ3n) is 1.26. The average Bonchev–Trinajstić information content (AvgIpc) is 2.40. The van der Waals surface area contributed by atoms with Gasteiger partial charge in [0.15, 0.2) is 0 Å². The zero-order valence-corrected chi connectivity index (χ0v) is 8.13. The van der Waals surface area contributed by atoms with Crippen LogP contribution in [0.3, 0.4) is 0 Å². The van der Waals surface area contributed by atoms with Gasteiger partial charge in [0.1, 0.15) is 0 Å². The molecule has 0 aliphatic rings. The quantitative estimate of drug-likeness (QED) is 0.672. The van der Waals surface area contributed by atoms with Gasteiger partial charge in [0.2, 0.25) is 0 Å². The van der Waals surface area contributed by atoms with Crippen molar-refractivity contribution in [1.82, 2.24) is 0 Å². The molecule has 0 amide bonds. The zero-order valence-electron chi connectivity index (χ0n) is 5.53. The third kappa shape index (κ3) is 2.56. The van der Waals surface area contributed by atoms with E-state index in [1.165, 1.54) is 5.56 Å². The fourth-order valence-electron chi connectivity index (χ4n) is 0.745. The van der Waals surface area contributed by atoms with Crippen molar-refractivity contribution < 1.29 is 0 Å². The number of hydrogen-bond acceptors (Lipinski definition) is 3. The first-order valence-electron chi connectivity index (χ1n) is 3.13. The largest absolute Gasteiger partial charge is 0.178 e. The van der Waals surface area contributed by atoms with Gasteiger partial charge in [0.05, 0.1) is 0 Å². The van der Waals surface area contributed by atoms with Crippen molar-refractivity contribution in [1.29, 1.82) is 0 Å². The molecular formula is C7H10S3. The summed E-state index contributed by atoms with van der Waals surface area (Å²) < 4.78 is 0. The van der Waals surface area contributed by atoms with Crippen molar-refractivity contribution >= 4 is 36.6 Å². The summed E-state index contributed by atoms with van der Waals surface area (Å²) in [6.45, 7) is 0. The summed E-state index contributed by atoms with van der Waals surface area (Å²) in [5.74, 6) is 0.846. The SMILES string of the molecule is SCC(S)Cc1ccsc1. The van der Waals surface area contributed by atoms with Crippen LogP contribution in [0, 0.1) is 0 Å². The van der Waals surface area contributed by atoms with Crippen LogP contribution in [0.25, 0.3) is 0 Å². The highest BCUT2D eigenvalue weighted by molar-refractivity contribution is 7.84. The number of thiol groups is 2. The molecule has 56 valence electrons. The van der Waals surface area contributed by atoms with Gasteiger partial charge in [0, 0.05) is 11.0 Å². The Hall–Kier alpha value is 0.400. The van der Waals surface area contributed by atoms with Crippen LogP contribution >= 0.6 is 36.6 Å². The highest BCUT2D eigenvalue weighted by atomic mass is 32.1. The van der Waals surface area contributed by atoms with E-state index in [4.69, 9.17) is 0 Å². The van der Waals surface area contributed by atoms with Crippen LogP contribution in [-0.4, -0.2) is 11.0 Å². The maximum Gasteiger partial charge on any atom is 0.0146 e. The van der Waals surface area contributed by atoms with Gasteiger partial charge in [-0.3, -0.25) is 0 Å². The van der Waals surface area contributed by atoms with Crippen molar-refractivity contribution in [3.05, 3.63) is 22.4 Å². The molecule has 1 aromatic heterocycles. The molecule has 0 saturated carbocycles. The van der Waals surface area contributed by atoms with Gasteiger partial charge < -0.3 is 0 Å². The van der Waals surface area contributed by atoms with E-state index in [2.05, 4.69) is 42.1 Å². The number of thiophene rings is 1. The maximum absolute atomic E-state index is 4.34. The summed E-state index contributed by atoms with van der Waals surface area (Å²) >= 11 is 10.2. The summed E-state index contributed by atoms with van der Waals surface area (Å²) in [7, 11) is 0. The lowest BCUT2D eigenvalue weighted by Gasteiger charge is -2.03. The first kappa shape index (κ1) is 8.50. The van der Waals surface area contributed by atoms with Gasteiger partial charge in [-0.2, -0.15) is 36.6 Å². The molecule has 0 aliphatic heterocycles. The standard InChI is InChI=1S/C7H10S3/c8-4-7(9)3-6-1-2-10-5-6/h1-2,5,7-9H,3-4H2. The predicted octanol–water partition coefficient (Wildman–Crippen LogP) is 2.52. The minimum Gasteiger partial charge on any atom is -0.178 e. The molecule has 0 aromatic carbocycles. The normalized spacial score (nSPS) is 13.4. The van der Waals surface area contributed by atoms with Crippen LogP contribution in [0.5, 0.6) is 0 Å². The fourth-order valence-corrected chi connectivity index (χ4v) is 1.77. The molecular weight excluding hydrogens is 180 g/mol. The highest BCUT2D eigenvalue weighted by Gasteiger charge is 2.01. The fraction of sp³-hybridized carbons (Fsp3) is 0.429. The van der Waals surface area contributed by atoms with E-state index in [1.807, 2.05) is 0 Å². The Bertz CT molecular complexity index is 169. The maximum atomic E-state index is 4.34. The lowest BCUT2D eigenvalue weighted by Crippen LogP contribution is -2.03. The third-order valence-corrected chi connectivity index (χ3v) is 3.09. The zero-order chi connectivity index (χ0) is 7.40. The molecule has 1 heterocycles. The summed E-state index contributed by atoms with van der Waals surface area (Å²) in [6.07, 6.45) is 1.04. The van der Waals surface area contributed by atoms with Crippen molar-refractivity contribution in [3.63, 3.8) is 0 Å². The van der Waals surface area contributed by atoms with Crippen LogP contribution < -0.4 is 0 Å². The minimum absolute atomic E-state index is 0.401. The van der Waals surface area contributed by atoms with Crippen LogP contribution in [0.1, 0.15) is 5.56 Å². The molecule has 0 aliphatic carbocycles. The smallest absolute Gasteiger partial charge is 0.0146 e. The van der Waals surface area contributed by atoms with E-state index in [9.17, 15) is 0 Å². The van der Waals surface area contributed by atoms with Crippen molar-refractivity contribution in [2.24, 2.45) is 0 Å². The average molecular weight is 190 g/mol. The number of rotatable bonds is 3. The molecule has 0 nitrogen and oxygen atoms in total. The van der Waals surface area contributed by atoms with E-state index in [1.54, 1.807) is 11.3 Å². The van der Waals surface area contributed by atoms with Crippen LogP contribution in [0.4, 0.5) is 0 Å². The summed E-state index contributed by atoms with van der Waals surface area (Å²) in [5, 5.41) is 4.65. The lowest BCUT2D eigenvalue weighted by atomic mass is 10.2. The first-order valence-corrected chi connectivity index (χ1v) is 5.22. The van der Waals surface area contributed by atoms with Gasteiger partial charge in [-0.1, -0.05) is 0 Å². The molecule has 0 N–H and O–H groups in total. The first-order chi connectivity index (χ1) is 4.83. The molecule has 1 rings (SSSR count). The van der Waals surface area contributed by atoms with E-state index < -0.39 is 0 Å².